The monoisotopic (exact) mass is 260 g/mol. The van der Waals surface area contributed by atoms with Gasteiger partial charge in [-0.3, -0.25) is 0 Å². The van der Waals surface area contributed by atoms with E-state index in [9.17, 15) is 0 Å². The van der Waals surface area contributed by atoms with Crippen LogP contribution in [0.15, 0.2) is 22.7 Å². The minimum atomic E-state index is 0.143. The summed E-state index contributed by atoms with van der Waals surface area (Å²) >= 11 is 9.45. The second-order valence-corrected chi connectivity index (χ2v) is 5.28. The van der Waals surface area contributed by atoms with Crippen molar-refractivity contribution >= 4 is 27.5 Å². The first-order valence-corrected chi connectivity index (χ1v) is 5.63. The molecule has 0 aromatic heterocycles. The van der Waals surface area contributed by atoms with Crippen LogP contribution in [0.2, 0.25) is 0 Å². The minimum Gasteiger partial charge on any atom is -0.122 e. The average molecular weight is 262 g/mol. The van der Waals surface area contributed by atoms with Gasteiger partial charge < -0.3 is 0 Å². The molecule has 0 fully saturated rings. The van der Waals surface area contributed by atoms with Crippen LogP contribution in [0.4, 0.5) is 0 Å². The lowest BCUT2D eigenvalue weighted by molar-refractivity contribution is 0.582. The number of benzene rings is 1. The van der Waals surface area contributed by atoms with Gasteiger partial charge in [-0.15, -0.1) is 11.6 Å². The molecule has 0 aliphatic heterocycles. The molecule has 0 nitrogen and oxygen atoms in total. The van der Waals surface area contributed by atoms with Crippen molar-refractivity contribution in [1.29, 1.82) is 0 Å². The molecule has 0 saturated heterocycles. The van der Waals surface area contributed by atoms with Gasteiger partial charge >= 0.3 is 0 Å². The van der Waals surface area contributed by atoms with Crippen LogP contribution in [0.5, 0.6) is 0 Å². The summed E-state index contributed by atoms with van der Waals surface area (Å²) in [4.78, 5) is 0. The summed E-state index contributed by atoms with van der Waals surface area (Å²) in [6, 6.07) is 6.17. The van der Waals surface area contributed by atoms with Gasteiger partial charge in [-0.25, -0.2) is 0 Å². The number of hydrogen-bond acceptors (Lipinski definition) is 0. The third-order valence-corrected chi connectivity index (χ3v) is 2.94. The summed E-state index contributed by atoms with van der Waals surface area (Å²) in [6.07, 6.45) is 0. The van der Waals surface area contributed by atoms with Gasteiger partial charge in [-0.2, -0.15) is 0 Å². The number of alkyl halides is 1. The van der Waals surface area contributed by atoms with Crippen LogP contribution in [0.25, 0.3) is 0 Å². The Balaban J connectivity index is 3.32. The highest BCUT2D eigenvalue weighted by molar-refractivity contribution is 9.10. The second kappa shape index (κ2) is 4.02. The first-order valence-electron chi connectivity index (χ1n) is 4.30. The summed E-state index contributed by atoms with van der Waals surface area (Å²) in [6.45, 7) is 6.59. The number of hydrogen-bond donors (Lipinski definition) is 0. The van der Waals surface area contributed by atoms with Crippen LogP contribution in [0.1, 0.15) is 31.9 Å². The van der Waals surface area contributed by atoms with Crippen molar-refractivity contribution in [3.8, 4) is 0 Å². The Kier molecular flexibility index (Phi) is 3.42. The molecule has 1 rings (SSSR count). The SMILES string of the molecule is CC(C)(C)c1c(Br)cccc1CCl. The van der Waals surface area contributed by atoms with Crippen molar-refractivity contribution in [2.75, 3.05) is 0 Å². The molecule has 0 aliphatic rings. The molecule has 0 aliphatic carbocycles. The van der Waals surface area contributed by atoms with Gasteiger partial charge in [0.1, 0.15) is 0 Å². The lowest BCUT2D eigenvalue weighted by Gasteiger charge is -2.23. The predicted octanol–water partition coefficient (Wildman–Crippen LogP) is 4.49. The van der Waals surface area contributed by atoms with Crippen LogP contribution < -0.4 is 0 Å². The van der Waals surface area contributed by atoms with Crippen LogP contribution in [-0.4, -0.2) is 0 Å². The van der Waals surface area contributed by atoms with E-state index < -0.39 is 0 Å². The third-order valence-electron chi connectivity index (χ3n) is 1.99. The van der Waals surface area contributed by atoms with Gasteiger partial charge in [-0.05, 0) is 22.6 Å². The fraction of sp³-hybridized carbons (Fsp3) is 0.455. The molecule has 72 valence electrons. The molecule has 0 spiro atoms. The summed E-state index contributed by atoms with van der Waals surface area (Å²) in [5.74, 6) is 0.575. The molecular formula is C11H14BrCl. The van der Waals surface area contributed by atoms with E-state index in [1.165, 1.54) is 11.1 Å². The molecule has 13 heavy (non-hydrogen) atoms. The normalized spacial score (nSPS) is 11.8. The van der Waals surface area contributed by atoms with Crippen LogP contribution in [-0.2, 0) is 11.3 Å². The van der Waals surface area contributed by atoms with Gasteiger partial charge in [0.15, 0.2) is 0 Å². The van der Waals surface area contributed by atoms with E-state index >= 15 is 0 Å². The highest BCUT2D eigenvalue weighted by atomic mass is 79.9. The zero-order chi connectivity index (χ0) is 10.1. The van der Waals surface area contributed by atoms with Crippen molar-refractivity contribution in [2.24, 2.45) is 0 Å². The molecule has 1 aromatic carbocycles. The summed E-state index contributed by atoms with van der Waals surface area (Å²) in [7, 11) is 0. The van der Waals surface area contributed by atoms with Crippen molar-refractivity contribution in [3.63, 3.8) is 0 Å². The second-order valence-electron chi connectivity index (χ2n) is 4.16. The maximum absolute atomic E-state index is 5.89. The van der Waals surface area contributed by atoms with E-state index in [2.05, 4.69) is 48.8 Å². The van der Waals surface area contributed by atoms with Gasteiger partial charge in [-0.1, -0.05) is 48.8 Å². The molecule has 0 radical (unpaired) electrons. The molecule has 0 unspecified atom stereocenters. The molecule has 1 aromatic rings. The van der Waals surface area contributed by atoms with E-state index in [0.717, 1.165) is 4.47 Å². The van der Waals surface area contributed by atoms with Gasteiger partial charge in [0.2, 0.25) is 0 Å². The average Bonchev–Trinajstić information content (AvgIpc) is 2.01. The zero-order valence-corrected chi connectivity index (χ0v) is 10.5. The van der Waals surface area contributed by atoms with E-state index in [1.807, 2.05) is 6.07 Å². The fourth-order valence-corrected chi connectivity index (χ4v) is 2.74. The van der Waals surface area contributed by atoms with Crippen LogP contribution >= 0.6 is 27.5 Å². The highest BCUT2D eigenvalue weighted by Crippen LogP contribution is 2.33. The molecule has 0 N–H and O–H groups in total. The number of halogens is 2. The molecule has 0 amide bonds. The van der Waals surface area contributed by atoms with Crippen molar-refractivity contribution in [1.82, 2.24) is 0 Å². The molecular weight excluding hydrogens is 247 g/mol. The highest BCUT2D eigenvalue weighted by Gasteiger charge is 2.19. The zero-order valence-electron chi connectivity index (χ0n) is 8.20. The quantitative estimate of drug-likeness (QED) is 0.654. The van der Waals surface area contributed by atoms with Crippen molar-refractivity contribution in [3.05, 3.63) is 33.8 Å². The van der Waals surface area contributed by atoms with Crippen LogP contribution in [0.3, 0.4) is 0 Å². The predicted molar refractivity (Wildman–Crippen MR) is 62.4 cm³/mol. The fourth-order valence-electron chi connectivity index (χ4n) is 1.52. The largest absolute Gasteiger partial charge is 0.122 e. The summed E-state index contributed by atoms with van der Waals surface area (Å²) < 4.78 is 1.15. The Morgan fingerprint density at radius 2 is 1.92 bits per heavy atom. The van der Waals surface area contributed by atoms with E-state index in [0.29, 0.717) is 5.88 Å². The maximum Gasteiger partial charge on any atom is 0.0477 e. The minimum absolute atomic E-state index is 0.143. The van der Waals surface area contributed by atoms with Gasteiger partial charge in [0.25, 0.3) is 0 Å². The van der Waals surface area contributed by atoms with Crippen molar-refractivity contribution in [2.45, 2.75) is 32.1 Å². The van der Waals surface area contributed by atoms with Gasteiger partial charge in [0.05, 0.1) is 0 Å². The van der Waals surface area contributed by atoms with E-state index in [4.69, 9.17) is 11.6 Å². The summed E-state index contributed by atoms with van der Waals surface area (Å²) in [5.41, 5.74) is 2.66. The Labute approximate surface area is 93.4 Å². The van der Waals surface area contributed by atoms with E-state index in [1.54, 1.807) is 0 Å². The third kappa shape index (κ3) is 2.47. The molecule has 0 heterocycles. The summed E-state index contributed by atoms with van der Waals surface area (Å²) in [5, 5.41) is 0. The Morgan fingerprint density at radius 3 is 2.31 bits per heavy atom. The number of rotatable bonds is 1. The molecule has 0 atom stereocenters. The molecule has 2 heteroatoms. The first-order chi connectivity index (χ1) is 5.96. The lowest BCUT2D eigenvalue weighted by atomic mass is 9.84. The van der Waals surface area contributed by atoms with Crippen molar-refractivity contribution < 1.29 is 0 Å². The Hall–Kier alpha value is -0.0100. The molecule has 0 saturated carbocycles. The Bertz CT molecular complexity index is 299. The standard InChI is InChI=1S/C11H14BrCl/c1-11(2,3)10-8(7-13)5-4-6-9(10)12/h4-6H,7H2,1-3H3. The smallest absolute Gasteiger partial charge is 0.0477 e. The lowest BCUT2D eigenvalue weighted by Crippen LogP contribution is -2.14. The van der Waals surface area contributed by atoms with Gasteiger partial charge in [0, 0.05) is 10.4 Å². The first kappa shape index (κ1) is 11.1. The topological polar surface area (TPSA) is 0 Å². The van der Waals surface area contributed by atoms with E-state index in [-0.39, 0.29) is 5.41 Å². The maximum atomic E-state index is 5.89. The molecule has 0 bridgehead atoms. The van der Waals surface area contributed by atoms with Crippen LogP contribution in [0, 0.1) is 0 Å². The Morgan fingerprint density at radius 1 is 1.31 bits per heavy atom.